The molecule has 0 bridgehead atoms. The van der Waals surface area contributed by atoms with Gasteiger partial charge in [0.25, 0.3) is 5.91 Å². The molecule has 1 N–H and O–H groups in total. The van der Waals surface area contributed by atoms with Crippen molar-refractivity contribution in [2.75, 3.05) is 11.9 Å². The van der Waals surface area contributed by atoms with Crippen LogP contribution >= 0.6 is 0 Å². The highest BCUT2D eigenvalue weighted by Crippen LogP contribution is 2.25. The van der Waals surface area contributed by atoms with Gasteiger partial charge in [-0.1, -0.05) is 13.8 Å². The Balaban J connectivity index is 2.36. The van der Waals surface area contributed by atoms with Crippen molar-refractivity contribution in [2.24, 2.45) is 11.8 Å². The van der Waals surface area contributed by atoms with Gasteiger partial charge in [-0.3, -0.25) is 9.59 Å². The molecule has 0 saturated heterocycles. The molecule has 1 aliphatic rings. The molecule has 0 radical (unpaired) electrons. The molecule has 1 aromatic heterocycles. The number of hydrogen-bond acceptors (Lipinski definition) is 6. The summed E-state index contributed by atoms with van der Waals surface area (Å²) in [6.45, 7) is 5.83. The third kappa shape index (κ3) is 1.96. The number of nitrogens with zero attached hydrogens (tertiary/aromatic N) is 3. The van der Waals surface area contributed by atoms with Crippen LogP contribution in [-0.2, 0) is 9.53 Å². The average Bonchev–Trinajstić information content (AvgIpc) is 2.77. The number of aromatic nitrogens is 3. The summed E-state index contributed by atoms with van der Waals surface area (Å²) in [6, 6.07) is -0.326. The van der Waals surface area contributed by atoms with Gasteiger partial charge in [0.1, 0.15) is 6.33 Å². The first-order chi connectivity index (χ1) is 8.56. The molecule has 0 unspecified atom stereocenters. The first-order valence-electron chi connectivity index (χ1n) is 5.93. The van der Waals surface area contributed by atoms with E-state index >= 15 is 0 Å². The minimum Gasteiger partial charge on any atom is -0.465 e. The SMILES string of the molecule is CCOC(=O)[C@@H]1C(=O)n2ncnc2N[C@H]1C(C)C. The predicted molar refractivity (Wildman–Crippen MR) is 63.0 cm³/mol. The number of rotatable bonds is 3. The van der Waals surface area contributed by atoms with E-state index in [1.165, 1.54) is 6.33 Å². The van der Waals surface area contributed by atoms with Crippen LogP contribution in [0.5, 0.6) is 0 Å². The molecular weight excluding hydrogens is 236 g/mol. The van der Waals surface area contributed by atoms with Crippen LogP contribution in [0.1, 0.15) is 25.6 Å². The number of esters is 1. The third-order valence-corrected chi connectivity index (χ3v) is 2.94. The lowest BCUT2D eigenvalue weighted by molar-refractivity contribution is -0.147. The van der Waals surface area contributed by atoms with Gasteiger partial charge in [0, 0.05) is 0 Å². The number of carbonyl (C=O) groups excluding carboxylic acids is 2. The molecule has 7 nitrogen and oxygen atoms in total. The van der Waals surface area contributed by atoms with Gasteiger partial charge in [0.05, 0.1) is 12.6 Å². The fraction of sp³-hybridized carbons (Fsp3) is 0.636. The summed E-state index contributed by atoms with van der Waals surface area (Å²) >= 11 is 0. The second-order valence-corrected chi connectivity index (χ2v) is 4.48. The van der Waals surface area contributed by atoms with Gasteiger partial charge >= 0.3 is 5.97 Å². The Hall–Kier alpha value is -1.92. The maximum Gasteiger partial charge on any atom is 0.320 e. The molecule has 0 fully saturated rings. The zero-order valence-electron chi connectivity index (χ0n) is 10.6. The largest absolute Gasteiger partial charge is 0.465 e. The summed E-state index contributed by atoms with van der Waals surface area (Å²) in [4.78, 5) is 28.1. The van der Waals surface area contributed by atoms with Crippen molar-refractivity contribution in [2.45, 2.75) is 26.8 Å². The zero-order valence-corrected chi connectivity index (χ0v) is 10.6. The molecule has 0 spiro atoms. The maximum absolute atomic E-state index is 12.2. The summed E-state index contributed by atoms with van der Waals surface area (Å²) in [6.07, 6.45) is 1.28. The van der Waals surface area contributed by atoms with Crippen LogP contribution < -0.4 is 5.32 Å². The molecule has 0 aliphatic carbocycles. The lowest BCUT2D eigenvalue weighted by Gasteiger charge is -2.32. The van der Waals surface area contributed by atoms with E-state index in [0.29, 0.717) is 5.95 Å². The molecule has 7 heteroatoms. The monoisotopic (exact) mass is 252 g/mol. The topological polar surface area (TPSA) is 86.1 Å². The Morgan fingerprint density at radius 1 is 1.61 bits per heavy atom. The van der Waals surface area contributed by atoms with Gasteiger partial charge in [-0.05, 0) is 12.8 Å². The summed E-state index contributed by atoms with van der Waals surface area (Å²) in [5, 5.41) is 6.87. The number of anilines is 1. The fourth-order valence-electron chi connectivity index (χ4n) is 2.05. The van der Waals surface area contributed by atoms with Crippen LogP contribution in [0.3, 0.4) is 0 Å². The smallest absolute Gasteiger partial charge is 0.320 e. The van der Waals surface area contributed by atoms with Gasteiger partial charge < -0.3 is 10.1 Å². The van der Waals surface area contributed by atoms with E-state index in [9.17, 15) is 9.59 Å². The van der Waals surface area contributed by atoms with Crippen molar-refractivity contribution >= 4 is 17.8 Å². The molecule has 0 aromatic carbocycles. The third-order valence-electron chi connectivity index (χ3n) is 2.94. The van der Waals surface area contributed by atoms with E-state index in [2.05, 4.69) is 15.4 Å². The van der Waals surface area contributed by atoms with Crippen LogP contribution in [0.4, 0.5) is 5.95 Å². The maximum atomic E-state index is 12.2. The van der Waals surface area contributed by atoms with E-state index in [-0.39, 0.29) is 18.6 Å². The van der Waals surface area contributed by atoms with Crippen molar-refractivity contribution in [3.05, 3.63) is 6.33 Å². The van der Waals surface area contributed by atoms with Crippen molar-refractivity contribution in [1.29, 1.82) is 0 Å². The van der Waals surface area contributed by atoms with E-state index in [1.807, 2.05) is 13.8 Å². The predicted octanol–water partition coefficient (Wildman–Crippen LogP) is 0.548. The molecule has 0 amide bonds. The van der Waals surface area contributed by atoms with Gasteiger partial charge in [-0.15, -0.1) is 0 Å². The van der Waals surface area contributed by atoms with Crippen molar-refractivity contribution < 1.29 is 14.3 Å². The number of fused-ring (bicyclic) bond motifs is 1. The van der Waals surface area contributed by atoms with Crippen LogP contribution in [0.2, 0.25) is 0 Å². The summed E-state index contributed by atoms with van der Waals surface area (Å²) in [5.41, 5.74) is 0. The van der Waals surface area contributed by atoms with Crippen LogP contribution in [0, 0.1) is 11.8 Å². The van der Waals surface area contributed by atoms with E-state index < -0.39 is 17.8 Å². The Kier molecular flexibility index (Phi) is 3.31. The minimum atomic E-state index is -0.876. The molecule has 2 rings (SSSR count). The molecule has 0 saturated carbocycles. The van der Waals surface area contributed by atoms with Crippen molar-refractivity contribution in [1.82, 2.24) is 14.8 Å². The summed E-state index contributed by atoms with van der Waals surface area (Å²) in [5.74, 6) is -1.32. The summed E-state index contributed by atoms with van der Waals surface area (Å²) in [7, 11) is 0. The molecule has 2 atom stereocenters. The van der Waals surface area contributed by atoms with Gasteiger partial charge in [-0.25, -0.2) is 0 Å². The average molecular weight is 252 g/mol. The van der Waals surface area contributed by atoms with Crippen molar-refractivity contribution in [3.63, 3.8) is 0 Å². The number of hydrogen-bond donors (Lipinski definition) is 1. The Labute approximate surface area is 105 Å². The molecule has 1 aromatic rings. The number of nitrogens with one attached hydrogen (secondary N) is 1. The first kappa shape index (κ1) is 12.5. The zero-order chi connectivity index (χ0) is 13.3. The minimum absolute atomic E-state index is 0.0915. The molecule has 98 valence electrons. The lowest BCUT2D eigenvalue weighted by atomic mass is 9.88. The lowest BCUT2D eigenvalue weighted by Crippen LogP contribution is -2.50. The Morgan fingerprint density at radius 3 is 2.94 bits per heavy atom. The first-order valence-corrected chi connectivity index (χ1v) is 5.93. The van der Waals surface area contributed by atoms with Crippen LogP contribution in [0.15, 0.2) is 6.33 Å². The Bertz CT molecular complexity index is 469. The van der Waals surface area contributed by atoms with Gasteiger partial charge in [0.15, 0.2) is 5.92 Å². The molecule has 18 heavy (non-hydrogen) atoms. The van der Waals surface area contributed by atoms with E-state index in [4.69, 9.17) is 4.74 Å². The highest BCUT2D eigenvalue weighted by Gasteiger charge is 2.43. The molecular formula is C11H16N4O3. The van der Waals surface area contributed by atoms with Crippen LogP contribution in [-0.4, -0.2) is 39.3 Å². The number of ether oxygens (including phenoxy) is 1. The summed E-state index contributed by atoms with van der Waals surface area (Å²) < 4.78 is 6.07. The van der Waals surface area contributed by atoms with E-state index in [1.54, 1.807) is 6.92 Å². The highest BCUT2D eigenvalue weighted by molar-refractivity contribution is 6.02. The highest BCUT2D eigenvalue weighted by atomic mass is 16.5. The Morgan fingerprint density at radius 2 is 2.33 bits per heavy atom. The van der Waals surface area contributed by atoms with Gasteiger partial charge in [0.2, 0.25) is 5.95 Å². The molecule has 1 aliphatic heterocycles. The second kappa shape index (κ2) is 4.75. The van der Waals surface area contributed by atoms with Crippen LogP contribution in [0.25, 0.3) is 0 Å². The normalized spacial score (nSPS) is 22.6. The fourth-order valence-corrected chi connectivity index (χ4v) is 2.05. The number of carbonyl (C=O) groups is 2. The second-order valence-electron chi connectivity index (χ2n) is 4.48. The molecule has 2 heterocycles. The van der Waals surface area contributed by atoms with E-state index in [0.717, 1.165) is 4.68 Å². The van der Waals surface area contributed by atoms with Gasteiger partial charge in [-0.2, -0.15) is 14.8 Å². The quantitative estimate of drug-likeness (QED) is 0.624. The van der Waals surface area contributed by atoms with Crippen molar-refractivity contribution in [3.8, 4) is 0 Å². The standard InChI is InChI=1S/C11H16N4O3/c1-4-18-10(17)7-8(6(2)3)14-11-12-5-13-15(11)9(7)16/h5-8H,4H2,1-3H3,(H,12,13,14)/t7-,8-/m0/s1.